The van der Waals surface area contributed by atoms with Gasteiger partial charge < -0.3 is 14.8 Å². The summed E-state index contributed by atoms with van der Waals surface area (Å²) in [5, 5.41) is 3.92. The van der Waals surface area contributed by atoms with Gasteiger partial charge in [0.05, 0.1) is 19.3 Å². The first-order valence-electron chi connectivity index (χ1n) is 7.01. The minimum atomic E-state index is -0.391. The number of hydrogen-bond donors (Lipinski definition) is 1. The lowest BCUT2D eigenvalue weighted by molar-refractivity contribution is -0.138. The topological polar surface area (TPSA) is 59.9 Å². The number of esters is 1. The molecule has 1 atom stereocenters. The number of allylic oxidation sites excluding steroid dienone is 1. The molecule has 0 bridgehead atoms. The molecule has 1 aromatic carbocycles. The lowest BCUT2D eigenvalue weighted by Gasteiger charge is -2.25. The number of benzene rings is 1. The van der Waals surface area contributed by atoms with E-state index in [9.17, 15) is 4.79 Å². The van der Waals surface area contributed by atoms with Gasteiger partial charge in [-0.25, -0.2) is 9.79 Å². The first-order chi connectivity index (χ1) is 10.6. The van der Waals surface area contributed by atoms with Crippen LogP contribution in [0.25, 0.3) is 0 Å². The third-order valence-electron chi connectivity index (χ3n) is 3.32. The Morgan fingerprint density at radius 1 is 1.45 bits per heavy atom. The summed E-state index contributed by atoms with van der Waals surface area (Å²) in [5.74, 6) is 0.391. The van der Waals surface area contributed by atoms with Crippen molar-refractivity contribution in [1.29, 1.82) is 0 Å². The summed E-state index contributed by atoms with van der Waals surface area (Å²) in [6.45, 7) is 3.99. The number of amidine groups is 1. The van der Waals surface area contributed by atoms with Crippen LogP contribution in [0.2, 0.25) is 0 Å². The second-order valence-electron chi connectivity index (χ2n) is 4.70. The average molecular weight is 320 g/mol. The molecule has 0 spiro atoms. The molecule has 0 fully saturated rings. The number of carbonyl (C=O) groups is 1. The van der Waals surface area contributed by atoms with Crippen molar-refractivity contribution in [2.75, 3.05) is 20.0 Å². The van der Waals surface area contributed by atoms with Gasteiger partial charge in [0.1, 0.15) is 11.8 Å². The van der Waals surface area contributed by atoms with Crippen LogP contribution in [0.1, 0.15) is 25.5 Å². The van der Waals surface area contributed by atoms with Crippen molar-refractivity contribution in [3.63, 3.8) is 0 Å². The fourth-order valence-electron chi connectivity index (χ4n) is 2.28. The molecule has 0 saturated carbocycles. The number of nitrogens with zero attached hydrogens (tertiary/aromatic N) is 1. The van der Waals surface area contributed by atoms with E-state index in [1.54, 1.807) is 14.0 Å². The quantitative estimate of drug-likeness (QED) is 0.865. The zero-order valence-corrected chi connectivity index (χ0v) is 14.0. The van der Waals surface area contributed by atoms with Crippen LogP contribution in [0, 0.1) is 0 Å². The van der Waals surface area contributed by atoms with E-state index >= 15 is 0 Å². The van der Waals surface area contributed by atoms with Gasteiger partial charge in [-0.3, -0.25) is 0 Å². The summed E-state index contributed by atoms with van der Waals surface area (Å²) >= 11 is 1.51. The summed E-state index contributed by atoms with van der Waals surface area (Å²) in [5.41, 5.74) is 2.20. The lowest BCUT2D eigenvalue weighted by atomic mass is 9.96. The van der Waals surface area contributed by atoms with Crippen molar-refractivity contribution in [3.8, 4) is 5.75 Å². The summed E-state index contributed by atoms with van der Waals surface area (Å²) in [7, 11) is 1.62. The summed E-state index contributed by atoms with van der Waals surface area (Å²) in [4.78, 5) is 16.9. The second kappa shape index (κ2) is 7.35. The van der Waals surface area contributed by atoms with E-state index in [1.807, 2.05) is 37.4 Å². The highest BCUT2D eigenvalue weighted by molar-refractivity contribution is 8.13. The number of carbonyl (C=O) groups excluding carboxylic acids is 1. The smallest absolute Gasteiger partial charge is 0.338 e. The van der Waals surface area contributed by atoms with Crippen LogP contribution in [0.3, 0.4) is 0 Å². The highest BCUT2D eigenvalue weighted by atomic mass is 32.2. The van der Waals surface area contributed by atoms with Crippen molar-refractivity contribution < 1.29 is 14.3 Å². The first-order valence-corrected chi connectivity index (χ1v) is 8.23. The molecule has 1 aliphatic rings. The maximum atomic E-state index is 12.3. The molecule has 0 aliphatic carbocycles. The molecule has 6 heteroatoms. The Balaban J connectivity index is 2.47. The van der Waals surface area contributed by atoms with E-state index in [-0.39, 0.29) is 5.97 Å². The Hall–Kier alpha value is -1.95. The summed E-state index contributed by atoms with van der Waals surface area (Å²) < 4.78 is 10.5. The standard InChI is InChI=1S/C16H20N2O3S/c1-5-21-15(19)13-10(2)17-16(22-4)18-14(13)11-7-6-8-12(9-11)20-3/h6-9,14H,5H2,1-4H3,(H,17,18). The Kier molecular flexibility index (Phi) is 5.49. The zero-order valence-electron chi connectivity index (χ0n) is 13.2. The van der Waals surface area contributed by atoms with Gasteiger partial charge >= 0.3 is 5.97 Å². The Bertz CT molecular complexity index is 626. The average Bonchev–Trinajstić information content (AvgIpc) is 2.54. The van der Waals surface area contributed by atoms with Gasteiger partial charge in [-0.15, -0.1) is 0 Å². The first kappa shape index (κ1) is 16.4. The van der Waals surface area contributed by atoms with Gasteiger partial charge in [-0.1, -0.05) is 23.9 Å². The van der Waals surface area contributed by atoms with Crippen molar-refractivity contribution in [2.45, 2.75) is 19.9 Å². The van der Waals surface area contributed by atoms with Gasteiger partial charge in [0.2, 0.25) is 0 Å². The van der Waals surface area contributed by atoms with E-state index in [2.05, 4.69) is 10.3 Å². The van der Waals surface area contributed by atoms with Crippen LogP contribution in [-0.2, 0) is 9.53 Å². The molecule has 0 radical (unpaired) electrons. The minimum Gasteiger partial charge on any atom is -0.497 e. The van der Waals surface area contributed by atoms with E-state index in [0.29, 0.717) is 12.2 Å². The highest BCUT2D eigenvalue weighted by Gasteiger charge is 2.30. The number of nitrogens with one attached hydrogen (secondary N) is 1. The molecule has 118 valence electrons. The maximum Gasteiger partial charge on any atom is 0.338 e. The van der Waals surface area contributed by atoms with E-state index in [1.165, 1.54) is 11.8 Å². The Morgan fingerprint density at radius 2 is 2.23 bits per heavy atom. The molecule has 1 N–H and O–H groups in total. The molecule has 0 saturated heterocycles. The molecular weight excluding hydrogens is 300 g/mol. The van der Waals surface area contributed by atoms with Gasteiger partial charge in [-0.2, -0.15) is 0 Å². The predicted molar refractivity (Wildman–Crippen MR) is 89.2 cm³/mol. The van der Waals surface area contributed by atoms with Gasteiger partial charge in [0.15, 0.2) is 5.17 Å². The molecule has 22 heavy (non-hydrogen) atoms. The lowest BCUT2D eigenvalue weighted by Crippen LogP contribution is -2.30. The maximum absolute atomic E-state index is 12.3. The molecule has 1 heterocycles. The molecule has 1 aromatic rings. The predicted octanol–water partition coefficient (Wildman–Crippen LogP) is 2.90. The largest absolute Gasteiger partial charge is 0.497 e. The van der Waals surface area contributed by atoms with Crippen LogP contribution in [0.5, 0.6) is 5.75 Å². The SMILES string of the molecule is CCOC(=O)C1=C(C)NC(SC)=NC1c1cccc(OC)c1. The van der Waals surface area contributed by atoms with Gasteiger partial charge in [-0.05, 0) is 37.8 Å². The zero-order chi connectivity index (χ0) is 16.1. The van der Waals surface area contributed by atoms with Crippen molar-refractivity contribution in [3.05, 3.63) is 41.1 Å². The van der Waals surface area contributed by atoms with Crippen LogP contribution in [0.15, 0.2) is 40.5 Å². The number of aliphatic imine (C=N–C) groups is 1. The number of methoxy groups -OCH3 is 1. The van der Waals surface area contributed by atoms with Crippen LogP contribution < -0.4 is 10.1 Å². The summed E-state index contributed by atoms with van der Waals surface area (Å²) in [6, 6.07) is 7.20. The third-order valence-corrected chi connectivity index (χ3v) is 3.91. The number of thioether (sulfide) groups is 1. The number of ether oxygens (including phenoxy) is 2. The molecule has 0 aromatic heterocycles. The second-order valence-corrected chi connectivity index (χ2v) is 5.50. The highest BCUT2D eigenvalue weighted by Crippen LogP contribution is 2.33. The third kappa shape index (κ3) is 3.44. The monoisotopic (exact) mass is 320 g/mol. The molecule has 2 rings (SSSR count). The minimum absolute atomic E-state index is 0.333. The van der Waals surface area contributed by atoms with Crippen molar-refractivity contribution in [2.24, 2.45) is 4.99 Å². The molecule has 1 unspecified atom stereocenters. The van der Waals surface area contributed by atoms with Crippen LogP contribution in [-0.4, -0.2) is 31.1 Å². The fraction of sp³-hybridized carbons (Fsp3) is 0.375. The van der Waals surface area contributed by atoms with Crippen molar-refractivity contribution in [1.82, 2.24) is 5.32 Å². The molecular formula is C16H20N2O3S. The van der Waals surface area contributed by atoms with Crippen LogP contribution >= 0.6 is 11.8 Å². The van der Waals surface area contributed by atoms with Crippen LogP contribution in [0.4, 0.5) is 0 Å². The molecule has 5 nitrogen and oxygen atoms in total. The van der Waals surface area contributed by atoms with E-state index < -0.39 is 6.04 Å². The number of rotatable bonds is 4. The normalized spacial score (nSPS) is 17.6. The Morgan fingerprint density at radius 3 is 2.86 bits per heavy atom. The Labute approximate surface area is 134 Å². The van der Waals surface area contributed by atoms with Gasteiger partial charge in [0.25, 0.3) is 0 Å². The molecule has 1 aliphatic heterocycles. The van der Waals surface area contributed by atoms with E-state index in [0.717, 1.165) is 22.2 Å². The summed E-state index contributed by atoms with van der Waals surface area (Å²) in [6.07, 6.45) is 1.94. The molecule has 0 amide bonds. The van der Waals surface area contributed by atoms with Gasteiger partial charge in [0, 0.05) is 5.70 Å². The number of hydrogen-bond acceptors (Lipinski definition) is 6. The fourth-order valence-corrected chi connectivity index (χ4v) is 2.74. The van der Waals surface area contributed by atoms with E-state index in [4.69, 9.17) is 9.47 Å². The van der Waals surface area contributed by atoms with Crippen molar-refractivity contribution >= 4 is 22.9 Å².